The summed E-state index contributed by atoms with van der Waals surface area (Å²) in [4.78, 5) is 0. The van der Waals surface area contributed by atoms with Gasteiger partial charge in [-0.2, -0.15) is 14.0 Å². The van der Waals surface area contributed by atoms with Crippen molar-refractivity contribution in [1.29, 1.82) is 0 Å². The number of unbranched alkanes of at least 4 members (excludes halogenated alkanes) is 15. The van der Waals surface area contributed by atoms with Crippen molar-refractivity contribution in [1.82, 2.24) is 6.15 Å². The first kappa shape index (κ1) is 33.3. The molecular formula is C25H54ClNO4. The van der Waals surface area contributed by atoms with Gasteiger partial charge in [-0.1, -0.05) is 117 Å². The summed E-state index contributed by atoms with van der Waals surface area (Å²) in [5, 5.41) is 0. The summed E-state index contributed by atoms with van der Waals surface area (Å²) in [6.45, 7) is 6.62. The van der Waals surface area contributed by atoms with E-state index in [1.807, 2.05) is 0 Å². The predicted molar refractivity (Wildman–Crippen MR) is 123 cm³/mol. The molecule has 0 radical (unpaired) electrons. The Hall–Kier alpha value is 0.0900. The third-order valence-corrected chi connectivity index (χ3v) is 6.73. The first-order valence-corrected chi connectivity index (χ1v) is 14.2. The second kappa shape index (κ2) is 21.9. The van der Waals surface area contributed by atoms with Crippen molar-refractivity contribution in [2.75, 3.05) is 0 Å². The second-order valence-electron chi connectivity index (χ2n) is 9.19. The van der Waals surface area contributed by atoms with Gasteiger partial charge in [0.2, 0.25) is 5.60 Å². The summed E-state index contributed by atoms with van der Waals surface area (Å²) in [5.74, 6) is 0. The molecule has 0 aliphatic carbocycles. The fourth-order valence-corrected chi connectivity index (χ4v) is 5.01. The van der Waals surface area contributed by atoms with Crippen LogP contribution < -0.4 is 20.1 Å². The maximum atomic E-state index is 11.6. The van der Waals surface area contributed by atoms with Gasteiger partial charge in [0.05, 0.1) is 14.5 Å². The van der Waals surface area contributed by atoms with Crippen molar-refractivity contribution >= 4 is 0 Å². The van der Waals surface area contributed by atoms with Crippen molar-refractivity contribution in [2.45, 2.75) is 161 Å². The van der Waals surface area contributed by atoms with Crippen molar-refractivity contribution < 1.29 is 28.5 Å². The first-order valence-electron chi connectivity index (χ1n) is 13.0. The van der Waals surface area contributed by atoms with Gasteiger partial charge in [-0.3, -0.25) is 0 Å². The van der Waals surface area contributed by atoms with Crippen molar-refractivity contribution in [2.24, 2.45) is 0 Å². The molecule has 0 saturated heterocycles. The molecule has 31 heavy (non-hydrogen) atoms. The third-order valence-electron chi connectivity index (χ3n) is 6.22. The molecule has 0 spiro atoms. The Kier molecular flexibility index (Phi) is 23.5. The summed E-state index contributed by atoms with van der Waals surface area (Å²) in [6, 6.07) is 0. The van der Waals surface area contributed by atoms with Gasteiger partial charge in [0.1, 0.15) is 0 Å². The van der Waals surface area contributed by atoms with E-state index >= 15 is 0 Å². The third kappa shape index (κ3) is 21.7. The lowest BCUT2D eigenvalue weighted by Gasteiger charge is -2.30. The van der Waals surface area contributed by atoms with Crippen LogP contribution in [0, 0.1) is 10.2 Å². The van der Waals surface area contributed by atoms with Crippen LogP contribution in [-0.2, 0) is 4.29 Å². The summed E-state index contributed by atoms with van der Waals surface area (Å²) < 4.78 is 40.0. The fraction of sp³-hybridized carbons (Fsp3) is 1.00. The van der Waals surface area contributed by atoms with Gasteiger partial charge in [0, 0.05) is 0 Å². The molecule has 0 atom stereocenters. The lowest BCUT2D eigenvalue weighted by molar-refractivity contribution is -1.92. The van der Waals surface area contributed by atoms with Crippen LogP contribution in [0.1, 0.15) is 156 Å². The van der Waals surface area contributed by atoms with E-state index in [1.165, 1.54) is 77.0 Å². The van der Waals surface area contributed by atoms with E-state index in [0.717, 1.165) is 38.5 Å². The van der Waals surface area contributed by atoms with Gasteiger partial charge >= 0.3 is 0 Å². The lowest BCUT2D eigenvalue weighted by Crippen LogP contribution is -2.64. The molecular weight excluding hydrogens is 414 g/mol. The Balaban J connectivity index is 0. The zero-order chi connectivity index (χ0) is 22.6. The van der Waals surface area contributed by atoms with E-state index in [1.54, 1.807) is 0 Å². The summed E-state index contributed by atoms with van der Waals surface area (Å²) in [6.07, 6.45) is 22.8. The van der Waals surface area contributed by atoms with Crippen molar-refractivity contribution in [3.63, 3.8) is 0 Å². The van der Waals surface area contributed by atoms with Crippen LogP contribution in [0.5, 0.6) is 0 Å². The molecule has 0 rings (SSSR count). The average Bonchev–Trinajstić information content (AvgIpc) is 2.69. The molecule has 0 fully saturated rings. The zero-order valence-corrected chi connectivity index (χ0v) is 21.8. The van der Waals surface area contributed by atoms with Crippen molar-refractivity contribution in [3.05, 3.63) is 0 Å². The molecule has 0 unspecified atom stereocenters. The normalized spacial score (nSPS) is 12.2. The molecule has 0 aliphatic heterocycles. The number of hydrogen-bond donors (Lipinski definition) is 1. The average molecular weight is 468 g/mol. The molecule has 5 nitrogen and oxygen atoms in total. The SMILES string of the molecule is CCCCCCCCC(CCCCCCCC)(CCCCCCCC)O[Cl+3]([O-])([O-])[O-].N. The smallest absolute Gasteiger partial charge is 0.223 e. The largest absolute Gasteiger partial charge is 0.344 e. The van der Waals surface area contributed by atoms with Gasteiger partial charge in [0.25, 0.3) is 0 Å². The van der Waals surface area contributed by atoms with Gasteiger partial charge in [-0.15, -0.1) is 0 Å². The minimum Gasteiger partial charge on any atom is -0.344 e. The van der Waals surface area contributed by atoms with Crippen molar-refractivity contribution in [3.8, 4) is 0 Å². The molecule has 0 aromatic rings. The maximum Gasteiger partial charge on any atom is 0.223 e. The van der Waals surface area contributed by atoms with Crippen LogP contribution in [0.25, 0.3) is 0 Å². The summed E-state index contributed by atoms with van der Waals surface area (Å²) >= 11 is 0. The topological polar surface area (TPSA) is 113 Å². The van der Waals surface area contributed by atoms with E-state index in [-0.39, 0.29) is 6.15 Å². The Morgan fingerprint density at radius 2 is 0.742 bits per heavy atom. The monoisotopic (exact) mass is 467 g/mol. The Labute approximate surface area is 196 Å². The minimum atomic E-state index is -4.39. The Morgan fingerprint density at radius 3 is 1.00 bits per heavy atom. The van der Waals surface area contributed by atoms with E-state index in [2.05, 4.69) is 20.8 Å². The lowest BCUT2D eigenvalue weighted by atomic mass is 9.85. The minimum absolute atomic E-state index is 0. The van der Waals surface area contributed by atoms with Crippen LogP contribution >= 0.6 is 0 Å². The van der Waals surface area contributed by atoms with Crippen LogP contribution in [0.4, 0.5) is 0 Å². The van der Waals surface area contributed by atoms with Crippen LogP contribution in [-0.4, -0.2) is 5.60 Å². The molecule has 0 bridgehead atoms. The Bertz CT molecular complexity index is 323. The van der Waals surface area contributed by atoms with Gasteiger partial charge in [-0.05, 0) is 38.5 Å². The van der Waals surface area contributed by atoms with Gasteiger partial charge in [0.15, 0.2) is 0 Å². The Morgan fingerprint density at radius 1 is 0.484 bits per heavy atom. The van der Waals surface area contributed by atoms with Gasteiger partial charge in [-0.25, -0.2) is 0 Å². The molecule has 0 amide bonds. The molecule has 0 aromatic carbocycles. The van der Waals surface area contributed by atoms with E-state index in [0.29, 0.717) is 19.3 Å². The molecule has 0 aromatic heterocycles. The highest BCUT2D eigenvalue weighted by Gasteiger charge is 2.44. The first-order chi connectivity index (χ1) is 14.4. The molecule has 0 saturated carbocycles. The quantitative estimate of drug-likeness (QED) is 0.183. The second-order valence-corrected chi connectivity index (χ2v) is 10.1. The van der Waals surface area contributed by atoms with E-state index in [9.17, 15) is 14.0 Å². The van der Waals surface area contributed by atoms with Crippen LogP contribution in [0.2, 0.25) is 0 Å². The molecule has 190 valence electrons. The fourth-order valence-electron chi connectivity index (χ4n) is 4.37. The van der Waals surface area contributed by atoms with Crippen LogP contribution in [0.15, 0.2) is 0 Å². The van der Waals surface area contributed by atoms with E-state index in [4.69, 9.17) is 4.29 Å². The highest BCUT2D eigenvalue weighted by atomic mass is 35.7. The molecule has 0 aliphatic rings. The number of halogens is 1. The predicted octanol–water partition coefficient (Wildman–Crippen LogP) is 6.05. The molecule has 3 N–H and O–H groups in total. The number of hydrogen-bond acceptors (Lipinski definition) is 5. The molecule has 0 heterocycles. The number of rotatable bonds is 23. The summed E-state index contributed by atoms with van der Waals surface area (Å²) in [5.41, 5.74) is -0.789. The highest BCUT2D eigenvalue weighted by Crippen LogP contribution is 2.34. The highest BCUT2D eigenvalue weighted by molar-refractivity contribution is 4.80. The standard InChI is InChI=1S/C25H51ClO4.H3N/c1-4-7-10-13-16-19-22-25(30-26(27,28)29,23-20-17-14-11-8-5-2)24-21-18-15-12-9-6-3;/h4-24H2,1-3H3;1H3. The molecule has 6 heteroatoms. The van der Waals surface area contributed by atoms with Crippen LogP contribution in [0.3, 0.4) is 0 Å². The zero-order valence-electron chi connectivity index (χ0n) is 21.1. The van der Waals surface area contributed by atoms with E-state index < -0.39 is 15.8 Å². The maximum absolute atomic E-state index is 11.6. The summed E-state index contributed by atoms with van der Waals surface area (Å²) in [7, 11) is -4.39. The van der Waals surface area contributed by atoms with Gasteiger partial charge < -0.3 is 6.15 Å².